The molecular weight excluding hydrogens is 344 g/mol. The van der Waals surface area contributed by atoms with E-state index >= 15 is 0 Å². The zero-order chi connectivity index (χ0) is 19.2. The fraction of sp³-hybridized carbons (Fsp3) is 0.450. The van der Waals surface area contributed by atoms with Crippen molar-refractivity contribution >= 4 is 17.5 Å². The SMILES string of the molecule is CCCCNC(=O)c1nc(C(=O)Nc2ccccc2OC)c2n1CCCC2. The van der Waals surface area contributed by atoms with Gasteiger partial charge in [0.05, 0.1) is 18.5 Å². The van der Waals surface area contributed by atoms with E-state index in [1.807, 2.05) is 16.7 Å². The molecule has 0 bridgehead atoms. The normalized spacial score (nSPS) is 13.0. The molecule has 0 spiro atoms. The summed E-state index contributed by atoms with van der Waals surface area (Å²) in [6.45, 7) is 3.39. The van der Waals surface area contributed by atoms with Crippen molar-refractivity contribution < 1.29 is 14.3 Å². The van der Waals surface area contributed by atoms with Crippen molar-refractivity contribution in [3.05, 3.63) is 41.5 Å². The summed E-state index contributed by atoms with van der Waals surface area (Å²) >= 11 is 0. The Morgan fingerprint density at radius 3 is 2.81 bits per heavy atom. The average molecular weight is 370 g/mol. The molecular formula is C20H26N4O3. The number of aromatic nitrogens is 2. The topological polar surface area (TPSA) is 85.2 Å². The first kappa shape index (κ1) is 18.9. The molecule has 7 heteroatoms. The van der Waals surface area contributed by atoms with Gasteiger partial charge in [-0.3, -0.25) is 9.59 Å². The van der Waals surface area contributed by atoms with Crippen molar-refractivity contribution in [3.63, 3.8) is 0 Å². The largest absolute Gasteiger partial charge is 0.495 e. The highest BCUT2D eigenvalue weighted by Gasteiger charge is 2.27. The molecule has 1 aromatic carbocycles. The molecule has 1 aliphatic rings. The van der Waals surface area contributed by atoms with Gasteiger partial charge in [-0.25, -0.2) is 4.98 Å². The number of benzene rings is 1. The summed E-state index contributed by atoms with van der Waals surface area (Å²) in [6.07, 6.45) is 4.63. The zero-order valence-electron chi connectivity index (χ0n) is 15.9. The minimum absolute atomic E-state index is 0.219. The monoisotopic (exact) mass is 370 g/mol. The number of carbonyl (C=O) groups excluding carboxylic acids is 2. The number of fused-ring (bicyclic) bond motifs is 1. The van der Waals surface area contributed by atoms with Crippen molar-refractivity contribution in [2.45, 2.75) is 45.6 Å². The smallest absolute Gasteiger partial charge is 0.287 e. The maximum absolute atomic E-state index is 12.9. The molecule has 27 heavy (non-hydrogen) atoms. The molecule has 0 aliphatic carbocycles. The van der Waals surface area contributed by atoms with Crippen LogP contribution in [0.4, 0.5) is 5.69 Å². The van der Waals surface area contributed by atoms with Crippen molar-refractivity contribution in [2.75, 3.05) is 19.0 Å². The van der Waals surface area contributed by atoms with Gasteiger partial charge >= 0.3 is 0 Å². The van der Waals surface area contributed by atoms with Crippen LogP contribution in [-0.2, 0) is 13.0 Å². The molecule has 2 heterocycles. The van der Waals surface area contributed by atoms with Crippen LogP contribution in [0.3, 0.4) is 0 Å². The number of imidazole rings is 1. The number of ether oxygens (including phenoxy) is 1. The van der Waals surface area contributed by atoms with Gasteiger partial charge in [-0.15, -0.1) is 0 Å². The van der Waals surface area contributed by atoms with E-state index in [4.69, 9.17) is 4.74 Å². The number of unbranched alkanes of at least 4 members (excludes halogenated alkanes) is 1. The van der Waals surface area contributed by atoms with E-state index in [0.29, 0.717) is 36.0 Å². The van der Waals surface area contributed by atoms with E-state index in [1.165, 1.54) is 0 Å². The molecule has 2 N–H and O–H groups in total. The molecule has 0 saturated carbocycles. The van der Waals surface area contributed by atoms with Crippen molar-refractivity contribution in [3.8, 4) is 5.75 Å². The van der Waals surface area contributed by atoms with Gasteiger partial charge in [0.2, 0.25) is 0 Å². The highest BCUT2D eigenvalue weighted by molar-refractivity contribution is 6.05. The first-order chi connectivity index (χ1) is 13.2. The lowest BCUT2D eigenvalue weighted by Crippen LogP contribution is -2.28. The predicted molar refractivity (Wildman–Crippen MR) is 103 cm³/mol. The number of para-hydroxylation sites is 2. The summed E-state index contributed by atoms with van der Waals surface area (Å²) in [5.74, 6) is 0.364. The summed E-state index contributed by atoms with van der Waals surface area (Å²) in [5, 5.41) is 5.76. The quantitative estimate of drug-likeness (QED) is 0.734. The number of methoxy groups -OCH3 is 1. The maximum atomic E-state index is 12.9. The van der Waals surface area contributed by atoms with Crippen LogP contribution in [0.2, 0.25) is 0 Å². The lowest BCUT2D eigenvalue weighted by atomic mass is 10.1. The van der Waals surface area contributed by atoms with E-state index in [2.05, 4.69) is 22.5 Å². The lowest BCUT2D eigenvalue weighted by Gasteiger charge is -2.17. The first-order valence-corrected chi connectivity index (χ1v) is 9.47. The molecule has 0 atom stereocenters. The molecule has 0 radical (unpaired) electrons. The van der Waals surface area contributed by atoms with Crippen LogP contribution in [0.5, 0.6) is 5.75 Å². The minimum Gasteiger partial charge on any atom is -0.495 e. The van der Waals surface area contributed by atoms with Crippen molar-refractivity contribution in [1.82, 2.24) is 14.9 Å². The number of hydrogen-bond acceptors (Lipinski definition) is 4. The third kappa shape index (κ3) is 4.13. The average Bonchev–Trinajstić information content (AvgIpc) is 3.08. The Bertz CT molecular complexity index is 829. The van der Waals surface area contributed by atoms with Crippen molar-refractivity contribution in [2.24, 2.45) is 0 Å². The zero-order valence-corrected chi connectivity index (χ0v) is 15.9. The highest BCUT2D eigenvalue weighted by atomic mass is 16.5. The number of anilines is 1. The van der Waals surface area contributed by atoms with Crippen LogP contribution in [0.1, 0.15) is 59.4 Å². The van der Waals surface area contributed by atoms with Gasteiger partial charge in [-0.1, -0.05) is 25.5 Å². The second kappa shape index (κ2) is 8.70. The third-order valence-corrected chi connectivity index (χ3v) is 4.71. The summed E-state index contributed by atoms with van der Waals surface area (Å²) in [5.41, 5.74) is 1.73. The van der Waals surface area contributed by atoms with Gasteiger partial charge in [-0.05, 0) is 37.8 Å². The van der Waals surface area contributed by atoms with Gasteiger partial charge in [0.15, 0.2) is 11.5 Å². The summed E-state index contributed by atoms with van der Waals surface area (Å²) in [6, 6.07) is 7.22. The van der Waals surface area contributed by atoms with Gasteiger partial charge in [0.25, 0.3) is 11.8 Å². The number of nitrogens with one attached hydrogen (secondary N) is 2. The number of carbonyl (C=O) groups is 2. The van der Waals surface area contributed by atoms with E-state index in [-0.39, 0.29) is 11.8 Å². The van der Waals surface area contributed by atoms with E-state index < -0.39 is 0 Å². The first-order valence-electron chi connectivity index (χ1n) is 9.47. The molecule has 7 nitrogen and oxygen atoms in total. The fourth-order valence-electron chi connectivity index (χ4n) is 3.29. The summed E-state index contributed by atoms with van der Waals surface area (Å²) in [7, 11) is 1.56. The Morgan fingerprint density at radius 2 is 2.04 bits per heavy atom. The third-order valence-electron chi connectivity index (χ3n) is 4.71. The minimum atomic E-state index is -0.322. The van der Waals surface area contributed by atoms with Crippen LogP contribution < -0.4 is 15.4 Å². The van der Waals surface area contributed by atoms with Gasteiger partial charge < -0.3 is 19.9 Å². The number of nitrogens with zero attached hydrogens (tertiary/aromatic N) is 2. The van der Waals surface area contributed by atoms with Crippen LogP contribution in [0, 0.1) is 0 Å². The number of rotatable bonds is 7. The molecule has 144 valence electrons. The Morgan fingerprint density at radius 1 is 1.22 bits per heavy atom. The van der Waals surface area contributed by atoms with Crippen LogP contribution in [-0.4, -0.2) is 35.0 Å². The number of amides is 2. The highest BCUT2D eigenvalue weighted by Crippen LogP contribution is 2.26. The molecule has 0 saturated heterocycles. The second-order valence-electron chi connectivity index (χ2n) is 6.60. The van der Waals surface area contributed by atoms with E-state index in [1.54, 1.807) is 19.2 Å². The summed E-state index contributed by atoms with van der Waals surface area (Å²) in [4.78, 5) is 29.8. The Hall–Kier alpha value is -2.83. The maximum Gasteiger partial charge on any atom is 0.287 e. The number of hydrogen-bond donors (Lipinski definition) is 2. The Labute approximate surface area is 159 Å². The molecule has 2 aromatic rings. The Balaban J connectivity index is 1.86. The summed E-state index contributed by atoms with van der Waals surface area (Å²) < 4.78 is 7.18. The predicted octanol–water partition coefficient (Wildman–Crippen LogP) is 3.01. The van der Waals surface area contributed by atoms with E-state index in [9.17, 15) is 9.59 Å². The second-order valence-corrected chi connectivity index (χ2v) is 6.60. The standard InChI is InChI=1S/C20H26N4O3/c1-3-4-12-21-20(26)18-23-17(15-10-7-8-13-24(15)18)19(25)22-14-9-5-6-11-16(14)27-2/h5-6,9,11H,3-4,7-8,10,12-13H2,1-2H3,(H,21,26)(H,22,25). The van der Waals surface area contributed by atoms with Crippen LogP contribution in [0.15, 0.2) is 24.3 Å². The molecule has 3 rings (SSSR count). The molecule has 0 fully saturated rings. The van der Waals surface area contributed by atoms with Gasteiger partial charge in [0, 0.05) is 13.1 Å². The molecule has 1 aromatic heterocycles. The van der Waals surface area contributed by atoms with E-state index in [0.717, 1.165) is 37.8 Å². The molecule has 2 amide bonds. The molecule has 1 aliphatic heterocycles. The molecule has 0 unspecified atom stereocenters. The fourth-order valence-corrected chi connectivity index (χ4v) is 3.29. The van der Waals surface area contributed by atoms with Gasteiger partial charge in [0.1, 0.15) is 5.75 Å². The lowest BCUT2D eigenvalue weighted by molar-refractivity contribution is 0.0937. The van der Waals surface area contributed by atoms with Crippen LogP contribution in [0.25, 0.3) is 0 Å². The van der Waals surface area contributed by atoms with Crippen LogP contribution >= 0.6 is 0 Å². The van der Waals surface area contributed by atoms with Gasteiger partial charge in [-0.2, -0.15) is 0 Å². The Kier molecular flexibility index (Phi) is 6.11. The van der Waals surface area contributed by atoms with Crippen molar-refractivity contribution in [1.29, 1.82) is 0 Å².